The van der Waals surface area contributed by atoms with Crippen LogP contribution in [0.3, 0.4) is 0 Å². The van der Waals surface area contributed by atoms with E-state index in [4.69, 9.17) is 9.47 Å². The highest BCUT2D eigenvalue weighted by atomic mass is 16.6. The highest BCUT2D eigenvalue weighted by Crippen LogP contribution is 2.28. The van der Waals surface area contributed by atoms with Crippen LogP contribution in [0.1, 0.15) is 59.8 Å². The van der Waals surface area contributed by atoms with Crippen molar-refractivity contribution in [3.05, 3.63) is 0 Å². The highest BCUT2D eigenvalue weighted by Gasteiger charge is 2.31. The molecular weight excluding hydrogens is 358 g/mol. The number of rotatable bonds is 10. The molecule has 0 unspecified atom stereocenters. The van der Waals surface area contributed by atoms with Gasteiger partial charge in [-0.25, -0.2) is 4.79 Å². The Kier molecular flexibility index (Phi) is 9.02. The Balaban J connectivity index is 1.70. The van der Waals surface area contributed by atoms with E-state index in [1.165, 1.54) is 12.8 Å². The summed E-state index contributed by atoms with van der Waals surface area (Å²) in [6, 6.07) is -0.127. The molecule has 1 N–H and O–H groups in total. The van der Waals surface area contributed by atoms with Crippen LogP contribution in [0.2, 0.25) is 0 Å². The third-order valence-electron chi connectivity index (χ3n) is 5.09. The number of amides is 2. The van der Waals surface area contributed by atoms with Gasteiger partial charge in [0.15, 0.2) is 0 Å². The van der Waals surface area contributed by atoms with E-state index in [1.807, 2.05) is 20.8 Å². The first kappa shape index (κ1) is 22.9. The molecule has 7 nitrogen and oxygen atoms in total. The Morgan fingerprint density at radius 2 is 1.82 bits per heavy atom. The van der Waals surface area contributed by atoms with Crippen molar-refractivity contribution in [2.24, 2.45) is 5.92 Å². The van der Waals surface area contributed by atoms with Crippen molar-refractivity contribution in [3.63, 3.8) is 0 Å². The van der Waals surface area contributed by atoms with E-state index >= 15 is 0 Å². The molecule has 2 rings (SSSR count). The summed E-state index contributed by atoms with van der Waals surface area (Å²) < 4.78 is 11.1. The minimum atomic E-state index is -0.485. The van der Waals surface area contributed by atoms with Crippen molar-refractivity contribution >= 4 is 12.0 Å². The van der Waals surface area contributed by atoms with Gasteiger partial charge < -0.3 is 19.7 Å². The zero-order chi connectivity index (χ0) is 20.6. The molecule has 2 aliphatic rings. The Morgan fingerprint density at radius 3 is 2.39 bits per heavy atom. The van der Waals surface area contributed by atoms with Crippen LogP contribution in [0.4, 0.5) is 4.79 Å². The maximum absolute atomic E-state index is 12.7. The number of piperazine rings is 1. The molecular formula is C21H39N3O4. The van der Waals surface area contributed by atoms with Gasteiger partial charge in [0.1, 0.15) is 5.60 Å². The monoisotopic (exact) mass is 397 g/mol. The van der Waals surface area contributed by atoms with Crippen molar-refractivity contribution in [3.8, 4) is 0 Å². The standard InChI is InChI=1S/C21H39N3O4/c1-5-7-18(19(25)22-10-6-15-27-16-17-8-9-17)23-11-13-24(14-12-23)20(26)28-21(2,3)4/h17-18H,5-16H2,1-4H3,(H,22,25)/t18-/m0/s1. The molecule has 1 saturated heterocycles. The Hall–Kier alpha value is -1.34. The van der Waals surface area contributed by atoms with Crippen LogP contribution in [0.5, 0.6) is 0 Å². The number of carbonyl (C=O) groups excluding carboxylic acids is 2. The van der Waals surface area contributed by atoms with Crippen molar-refractivity contribution in [2.45, 2.75) is 71.4 Å². The van der Waals surface area contributed by atoms with Gasteiger partial charge in [0, 0.05) is 45.9 Å². The zero-order valence-corrected chi connectivity index (χ0v) is 18.2. The van der Waals surface area contributed by atoms with E-state index in [0.29, 0.717) is 39.3 Å². The second-order valence-corrected chi connectivity index (χ2v) is 8.97. The van der Waals surface area contributed by atoms with Gasteiger partial charge in [0.05, 0.1) is 6.04 Å². The van der Waals surface area contributed by atoms with Crippen LogP contribution < -0.4 is 5.32 Å². The minimum absolute atomic E-state index is 0.0924. The van der Waals surface area contributed by atoms with Crippen LogP contribution in [-0.2, 0) is 14.3 Å². The Bertz CT molecular complexity index is 494. The lowest BCUT2D eigenvalue weighted by atomic mass is 10.1. The lowest BCUT2D eigenvalue weighted by molar-refractivity contribution is -0.127. The topological polar surface area (TPSA) is 71.1 Å². The molecule has 1 saturated carbocycles. The van der Waals surface area contributed by atoms with Crippen LogP contribution >= 0.6 is 0 Å². The third-order valence-corrected chi connectivity index (χ3v) is 5.09. The van der Waals surface area contributed by atoms with Gasteiger partial charge in [-0.1, -0.05) is 13.3 Å². The summed E-state index contributed by atoms with van der Waals surface area (Å²) in [5.41, 5.74) is -0.485. The van der Waals surface area contributed by atoms with E-state index < -0.39 is 5.60 Å². The van der Waals surface area contributed by atoms with E-state index in [2.05, 4.69) is 17.1 Å². The van der Waals surface area contributed by atoms with E-state index in [-0.39, 0.29) is 18.0 Å². The summed E-state index contributed by atoms with van der Waals surface area (Å²) in [5.74, 6) is 0.873. The summed E-state index contributed by atoms with van der Waals surface area (Å²) >= 11 is 0. The molecule has 1 heterocycles. The van der Waals surface area contributed by atoms with Gasteiger partial charge in [0.2, 0.25) is 5.91 Å². The summed E-state index contributed by atoms with van der Waals surface area (Å²) in [6.45, 7) is 12.5. The maximum atomic E-state index is 12.7. The molecule has 0 radical (unpaired) electrons. The number of hydrogen-bond donors (Lipinski definition) is 1. The number of hydrogen-bond acceptors (Lipinski definition) is 5. The largest absolute Gasteiger partial charge is 0.444 e. The summed E-state index contributed by atoms with van der Waals surface area (Å²) in [4.78, 5) is 28.8. The number of carbonyl (C=O) groups is 2. The molecule has 28 heavy (non-hydrogen) atoms. The molecule has 162 valence electrons. The number of nitrogens with zero attached hydrogens (tertiary/aromatic N) is 2. The zero-order valence-electron chi connectivity index (χ0n) is 18.2. The average Bonchev–Trinajstić information content (AvgIpc) is 3.45. The lowest BCUT2D eigenvalue weighted by Crippen LogP contribution is -2.56. The normalized spacial score (nSPS) is 19.4. The van der Waals surface area contributed by atoms with Gasteiger partial charge in [-0.2, -0.15) is 0 Å². The van der Waals surface area contributed by atoms with Crippen molar-refractivity contribution in [1.29, 1.82) is 0 Å². The first-order valence-electron chi connectivity index (χ1n) is 10.9. The molecule has 2 fully saturated rings. The molecule has 0 bridgehead atoms. The van der Waals surface area contributed by atoms with Crippen molar-refractivity contribution in [2.75, 3.05) is 45.9 Å². The van der Waals surface area contributed by atoms with Gasteiger partial charge in [-0.15, -0.1) is 0 Å². The van der Waals surface area contributed by atoms with Gasteiger partial charge in [0.25, 0.3) is 0 Å². The van der Waals surface area contributed by atoms with E-state index in [1.54, 1.807) is 4.90 Å². The summed E-state index contributed by atoms with van der Waals surface area (Å²) in [5, 5.41) is 3.07. The maximum Gasteiger partial charge on any atom is 0.410 e. The smallest absolute Gasteiger partial charge is 0.410 e. The molecule has 7 heteroatoms. The van der Waals surface area contributed by atoms with Crippen LogP contribution in [0.25, 0.3) is 0 Å². The van der Waals surface area contributed by atoms with Crippen molar-refractivity contribution in [1.82, 2.24) is 15.1 Å². The molecule has 1 atom stereocenters. The summed E-state index contributed by atoms with van der Waals surface area (Å²) in [6.07, 6.45) is 4.97. The van der Waals surface area contributed by atoms with E-state index in [0.717, 1.165) is 31.8 Å². The van der Waals surface area contributed by atoms with Crippen LogP contribution in [0, 0.1) is 5.92 Å². The highest BCUT2D eigenvalue weighted by molar-refractivity contribution is 5.81. The van der Waals surface area contributed by atoms with E-state index in [9.17, 15) is 9.59 Å². The fraction of sp³-hybridized carbons (Fsp3) is 0.905. The Morgan fingerprint density at radius 1 is 1.14 bits per heavy atom. The molecule has 2 amide bonds. The molecule has 0 aromatic rings. The van der Waals surface area contributed by atoms with Crippen LogP contribution in [0.15, 0.2) is 0 Å². The average molecular weight is 398 g/mol. The number of nitrogens with one attached hydrogen (secondary N) is 1. The first-order chi connectivity index (χ1) is 13.3. The second-order valence-electron chi connectivity index (χ2n) is 8.97. The van der Waals surface area contributed by atoms with Gasteiger partial charge >= 0.3 is 6.09 Å². The fourth-order valence-corrected chi connectivity index (χ4v) is 3.33. The fourth-order valence-electron chi connectivity index (χ4n) is 3.33. The Labute approximate surface area is 170 Å². The second kappa shape index (κ2) is 11.0. The molecule has 0 aromatic carbocycles. The predicted molar refractivity (Wildman–Crippen MR) is 109 cm³/mol. The molecule has 0 aromatic heterocycles. The van der Waals surface area contributed by atoms with Gasteiger partial charge in [-0.3, -0.25) is 9.69 Å². The van der Waals surface area contributed by atoms with Crippen LogP contribution in [-0.4, -0.2) is 79.4 Å². The molecule has 1 aliphatic carbocycles. The summed E-state index contributed by atoms with van der Waals surface area (Å²) in [7, 11) is 0. The predicted octanol–water partition coefficient (Wildman–Crippen LogP) is 2.64. The third kappa shape index (κ3) is 8.35. The molecule has 1 aliphatic heterocycles. The van der Waals surface area contributed by atoms with Gasteiger partial charge in [-0.05, 0) is 52.4 Å². The minimum Gasteiger partial charge on any atom is -0.444 e. The first-order valence-corrected chi connectivity index (χ1v) is 10.9. The lowest BCUT2D eigenvalue weighted by Gasteiger charge is -2.39. The quantitative estimate of drug-likeness (QED) is 0.574. The SMILES string of the molecule is CCC[C@@H](C(=O)NCCCOCC1CC1)N1CCN(C(=O)OC(C)(C)C)CC1. The molecule has 0 spiro atoms. The van der Waals surface area contributed by atoms with Crippen molar-refractivity contribution < 1.29 is 19.1 Å². The number of ether oxygens (including phenoxy) is 2.